The average molecular weight is 474 g/mol. The van der Waals surface area contributed by atoms with Crippen LogP contribution in [0.25, 0.3) is 10.2 Å². The first-order valence-corrected chi connectivity index (χ1v) is 9.43. The number of anilines is 2. The standard InChI is InChI=1S/C17H14BrF2N3O4S/c1-17(26,7-24)27-23-15(25)8-4-11(20)14-13(5-8)28-16(22-14)21-12-3-2-9(18)6-10(12)19/h2-6,24,26H,7H2,1H3,(H,21,22)(H,23,25). The molecule has 0 radical (unpaired) electrons. The minimum absolute atomic E-state index is 0.0184. The highest BCUT2D eigenvalue weighted by Crippen LogP contribution is 2.32. The van der Waals surface area contributed by atoms with Crippen LogP contribution in [0.2, 0.25) is 0 Å². The van der Waals surface area contributed by atoms with E-state index >= 15 is 0 Å². The number of carbonyl (C=O) groups is 1. The van der Waals surface area contributed by atoms with Crippen molar-refractivity contribution in [3.05, 3.63) is 52.0 Å². The Balaban J connectivity index is 1.84. The molecule has 28 heavy (non-hydrogen) atoms. The predicted molar refractivity (Wildman–Crippen MR) is 103 cm³/mol. The van der Waals surface area contributed by atoms with Crippen molar-refractivity contribution in [2.75, 3.05) is 11.9 Å². The summed E-state index contributed by atoms with van der Waals surface area (Å²) in [4.78, 5) is 20.9. The molecule has 0 spiro atoms. The molecule has 1 unspecified atom stereocenters. The lowest BCUT2D eigenvalue weighted by atomic mass is 10.2. The number of hydrogen-bond donors (Lipinski definition) is 4. The van der Waals surface area contributed by atoms with Gasteiger partial charge in [0.2, 0.25) is 5.79 Å². The Morgan fingerprint density at radius 3 is 2.75 bits per heavy atom. The number of nitrogens with one attached hydrogen (secondary N) is 2. The van der Waals surface area contributed by atoms with Crippen molar-refractivity contribution in [1.82, 2.24) is 10.5 Å². The van der Waals surface area contributed by atoms with Crippen LogP contribution >= 0.6 is 27.3 Å². The van der Waals surface area contributed by atoms with Gasteiger partial charge in [-0.05, 0) is 37.3 Å². The van der Waals surface area contributed by atoms with Crippen LogP contribution in [-0.4, -0.2) is 33.5 Å². The van der Waals surface area contributed by atoms with E-state index in [0.29, 0.717) is 9.17 Å². The van der Waals surface area contributed by atoms with E-state index in [2.05, 4.69) is 31.1 Å². The molecule has 0 saturated carbocycles. The van der Waals surface area contributed by atoms with Crippen molar-refractivity contribution in [3.63, 3.8) is 0 Å². The van der Waals surface area contributed by atoms with Crippen molar-refractivity contribution in [2.45, 2.75) is 12.7 Å². The molecule has 1 amide bonds. The first-order chi connectivity index (χ1) is 13.2. The van der Waals surface area contributed by atoms with Crippen LogP contribution in [-0.2, 0) is 4.84 Å². The van der Waals surface area contributed by atoms with E-state index in [1.807, 2.05) is 5.48 Å². The van der Waals surface area contributed by atoms with Crippen LogP contribution in [0.4, 0.5) is 19.6 Å². The van der Waals surface area contributed by atoms with Crippen molar-refractivity contribution < 1.29 is 28.6 Å². The lowest BCUT2D eigenvalue weighted by Crippen LogP contribution is -2.40. The van der Waals surface area contributed by atoms with Crippen LogP contribution in [0.5, 0.6) is 0 Å². The highest BCUT2D eigenvalue weighted by atomic mass is 79.9. The number of carbonyl (C=O) groups excluding carboxylic acids is 1. The van der Waals surface area contributed by atoms with Crippen molar-refractivity contribution in [2.24, 2.45) is 0 Å². The molecule has 148 valence electrons. The van der Waals surface area contributed by atoms with Gasteiger partial charge in [-0.1, -0.05) is 27.3 Å². The second-order valence-electron chi connectivity index (χ2n) is 5.94. The fourth-order valence-corrected chi connectivity index (χ4v) is 3.39. The Bertz CT molecular complexity index is 1040. The van der Waals surface area contributed by atoms with Crippen LogP contribution in [0, 0.1) is 11.6 Å². The van der Waals surface area contributed by atoms with Crippen LogP contribution in [0.1, 0.15) is 17.3 Å². The maximum absolute atomic E-state index is 14.4. The van der Waals surface area contributed by atoms with E-state index in [0.717, 1.165) is 24.3 Å². The molecule has 2 aromatic carbocycles. The van der Waals surface area contributed by atoms with E-state index in [1.165, 1.54) is 18.2 Å². The van der Waals surface area contributed by atoms with Crippen LogP contribution in [0.15, 0.2) is 34.8 Å². The molecule has 0 aliphatic carbocycles. The molecular formula is C17H14BrF2N3O4S. The number of aliphatic hydroxyl groups is 2. The van der Waals surface area contributed by atoms with Crippen molar-refractivity contribution >= 4 is 54.2 Å². The molecule has 4 N–H and O–H groups in total. The molecule has 3 aromatic rings. The van der Waals surface area contributed by atoms with Crippen LogP contribution in [0.3, 0.4) is 0 Å². The fraction of sp³-hybridized carbons (Fsp3) is 0.176. The topological polar surface area (TPSA) is 104 Å². The molecule has 1 aromatic heterocycles. The summed E-state index contributed by atoms with van der Waals surface area (Å²) in [5.41, 5.74) is 2.05. The van der Waals surface area contributed by atoms with Gasteiger partial charge in [-0.15, -0.1) is 0 Å². The second kappa shape index (κ2) is 8.05. The van der Waals surface area contributed by atoms with E-state index in [4.69, 9.17) is 5.11 Å². The number of fused-ring (bicyclic) bond motifs is 1. The van der Waals surface area contributed by atoms with Gasteiger partial charge in [0, 0.05) is 10.0 Å². The molecule has 0 saturated heterocycles. The number of thiazole rings is 1. The van der Waals surface area contributed by atoms with E-state index in [9.17, 15) is 18.7 Å². The second-order valence-corrected chi connectivity index (χ2v) is 7.89. The third-order valence-electron chi connectivity index (χ3n) is 3.54. The molecule has 0 fully saturated rings. The maximum atomic E-state index is 14.4. The number of nitrogens with zero attached hydrogens (tertiary/aromatic N) is 1. The summed E-state index contributed by atoms with van der Waals surface area (Å²) in [5, 5.41) is 21.4. The molecule has 0 bridgehead atoms. The number of rotatable bonds is 6. The zero-order chi connectivity index (χ0) is 20.5. The van der Waals surface area contributed by atoms with Gasteiger partial charge in [0.05, 0.1) is 17.0 Å². The number of aliphatic hydroxyl groups excluding tert-OH is 1. The van der Waals surface area contributed by atoms with Gasteiger partial charge in [-0.3, -0.25) is 4.79 Å². The Morgan fingerprint density at radius 1 is 1.32 bits per heavy atom. The zero-order valence-corrected chi connectivity index (χ0v) is 16.7. The van der Waals surface area contributed by atoms with Gasteiger partial charge in [-0.2, -0.15) is 0 Å². The predicted octanol–water partition coefficient (Wildman–Crippen LogP) is 3.44. The Labute approximate surface area is 170 Å². The monoisotopic (exact) mass is 473 g/mol. The molecule has 1 atom stereocenters. The lowest BCUT2D eigenvalue weighted by molar-refractivity contribution is -0.235. The third-order valence-corrected chi connectivity index (χ3v) is 4.95. The highest BCUT2D eigenvalue weighted by Gasteiger charge is 2.22. The number of aromatic nitrogens is 1. The number of benzene rings is 2. The lowest BCUT2D eigenvalue weighted by Gasteiger charge is -2.20. The average Bonchev–Trinajstić information content (AvgIpc) is 3.05. The van der Waals surface area contributed by atoms with Gasteiger partial charge < -0.3 is 15.5 Å². The minimum Gasteiger partial charge on any atom is -0.391 e. The summed E-state index contributed by atoms with van der Waals surface area (Å²) in [7, 11) is 0. The molecule has 1 heterocycles. The summed E-state index contributed by atoms with van der Waals surface area (Å²) in [6.07, 6.45) is 0. The molecule has 11 heteroatoms. The first kappa shape index (κ1) is 20.6. The Morgan fingerprint density at radius 2 is 2.07 bits per heavy atom. The Kier molecular flexibility index (Phi) is 5.91. The molecular weight excluding hydrogens is 460 g/mol. The SMILES string of the molecule is CC(O)(CO)ONC(=O)c1cc(F)c2nc(Nc3ccc(Br)cc3F)sc2c1. The summed E-state index contributed by atoms with van der Waals surface area (Å²) in [6.45, 7) is 0.386. The summed E-state index contributed by atoms with van der Waals surface area (Å²) in [5.74, 6) is -4.06. The number of amides is 1. The van der Waals surface area contributed by atoms with E-state index in [1.54, 1.807) is 6.07 Å². The normalized spacial score (nSPS) is 13.4. The quantitative estimate of drug-likeness (QED) is 0.323. The van der Waals surface area contributed by atoms with Crippen LogP contribution < -0.4 is 10.8 Å². The summed E-state index contributed by atoms with van der Waals surface area (Å²) < 4.78 is 29.2. The highest BCUT2D eigenvalue weighted by molar-refractivity contribution is 9.10. The third kappa shape index (κ3) is 4.62. The van der Waals surface area contributed by atoms with Gasteiger partial charge in [0.15, 0.2) is 10.9 Å². The van der Waals surface area contributed by atoms with Crippen molar-refractivity contribution in [1.29, 1.82) is 0 Å². The van der Waals surface area contributed by atoms with Gasteiger partial charge in [0.25, 0.3) is 5.91 Å². The van der Waals surface area contributed by atoms with Gasteiger partial charge >= 0.3 is 0 Å². The minimum atomic E-state index is -1.98. The maximum Gasteiger partial charge on any atom is 0.275 e. The smallest absolute Gasteiger partial charge is 0.275 e. The largest absolute Gasteiger partial charge is 0.391 e. The fourth-order valence-electron chi connectivity index (χ4n) is 2.13. The number of hydrogen-bond acceptors (Lipinski definition) is 7. The molecule has 0 aliphatic heterocycles. The van der Waals surface area contributed by atoms with Gasteiger partial charge in [0.1, 0.15) is 11.3 Å². The number of halogens is 3. The van der Waals surface area contributed by atoms with E-state index in [-0.39, 0.29) is 21.9 Å². The summed E-state index contributed by atoms with van der Waals surface area (Å²) >= 11 is 4.19. The molecule has 7 nitrogen and oxygen atoms in total. The molecule has 0 aliphatic rings. The van der Waals surface area contributed by atoms with E-state index < -0.39 is 29.9 Å². The van der Waals surface area contributed by atoms with Gasteiger partial charge in [-0.25, -0.2) is 24.1 Å². The Hall–Kier alpha value is -2.18. The molecule has 3 rings (SSSR count). The zero-order valence-electron chi connectivity index (χ0n) is 14.3. The number of hydroxylamine groups is 1. The van der Waals surface area contributed by atoms with Crippen molar-refractivity contribution in [3.8, 4) is 0 Å². The first-order valence-electron chi connectivity index (χ1n) is 7.82. The summed E-state index contributed by atoms with van der Waals surface area (Å²) in [6, 6.07) is 6.76.